The van der Waals surface area contributed by atoms with Gasteiger partial charge in [-0.25, -0.2) is 4.39 Å². The van der Waals surface area contributed by atoms with Gasteiger partial charge in [0, 0.05) is 6.42 Å². The first kappa shape index (κ1) is 9.91. The van der Waals surface area contributed by atoms with Crippen LogP contribution in [0, 0.1) is 0 Å². The average molecular weight is 190 g/mol. The molecule has 0 aliphatic carbocycles. The summed E-state index contributed by atoms with van der Waals surface area (Å²) in [6.45, 7) is -0.372. The molecule has 0 saturated carbocycles. The van der Waals surface area contributed by atoms with Gasteiger partial charge >= 0.3 is 0 Å². The van der Waals surface area contributed by atoms with Gasteiger partial charge in [0.15, 0.2) is 0 Å². The first-order valence-corrected chi connectivity index (χ1v) is 3.88. The van der Waals surface area contributed by atoms with Gasteiger partial charge in [-0.15, -0.1) is 0 Å². The zero-order valence-corrected chi connectivity index (χ0v) is 7.01. The second-order valence-electron chi connectivity index (χ2n) is 2.92. The van der Waals surface area contributed by atoms with Crippen LogP contribution in [0.15, 0.2) is 0 Å². The molecule has 74 valence electrons. The van der Waals surface area contributed by atoms with Crippen LogP contribution in [-0.4, -0.2) is 37.2 Å². The van der Waals surface area contributed by atoms with Crippen molar-refractivity contribution in [1.29, 1.82) is 0 Å². The van der Waals surface area contributed by atoms with E-state index in [9.17, 15) is 14.0 Å². The van der Waals surface area contributed by atoms with Crippen molar-refractivity contribution in [2.24, 2.45) is 5.73 Å². The molecule has 1 rings (SSSR count). The molecule has 1 fully saturated rings. The van der Waals surface area contributed by atoms with E-state index in [-0.39, 0.29) is 26.2 Å². The van der Waals surface area contributed by atoms with E-state index >= 15 is 0 Å². The molecule has 0 radical (unpaired) electrons. The molecule has 0 bridgehead atoms. The van der Waals surface area contributed by atoms with Crippen molar-refractivity contribution in [1.82, 2.24) is 5.32 Å². The third-order valence-electron chi connectivity index (χ3n) is 1.80. The summed E-state index contributed by atoms with van der Waals surface area (Å²) in [4.78, 5) is 21.4. The number of hydrogen-bond donors (Lipinski definition) is 2. The highest BCUT2D eigenvalue weighted by Crippen LogP contribution is 2.22. The number of carbonyl (C=O) groups excluding carboxylic acids is 2. The number of amides is 2. The van der Waals surface area contributed by atoms with Crippen LogP contribution in [0.1, 0.15) is 6.42 Å². The summed E-state index contributed by atoms with van der Waals surface area (Å²) in [6, 6.07) is 0. The minimum atomic E-state index is -1.99. The monoisotopic (exact) mass is 190 g/mol. The fraction of sp³-hybridized carbons (Fsp3) is 0.714. The maximum atomic E-state index is 13.5. The molecular weight excluding hydrogens is 179 g/mol. The molecule has 5 nitrogen and oxygen atoms in total. The molecule has 0 spiro atoms. The van der Waals surface area contributed by atoms with E-state index in [1.54, 1.807) is 0 Å². The fourth-order valence-electron chi connectivity index (χ4n) is 1.04. The van der Waals surface area contributed by atoms with E-state index in [1.807, 2.05) is 0 Å². The second-order valence-corrected chi connectivity index (χ2v) is 2.92. The molecule has 2 amide bonds. The van der Waals surface area contributed by atoms with E-state index in [4.69, 9.17) is 10.5 Å². The van der Waals surface area contributed by atoms with Crippen molar-refractivity contribution in [3.8, 4) is 0 Å². The SMILES string of the molecule is NC(=O)CNC(=O)C1(F)CCOC1. The average Bonchev–Trinajstić information content (AvgIpc) is 2.49. The Kier molecular flexibility index (Phi) is 2.82. The number of nitrogens with one attached hydrogen (secondary N) is 1. The van der Waals surface area contributed by atoms with E-state index in [0.717, 1.165) is 0 Å². The van der Waals surface area contributed by atoms with Crippen LogP contribution >= 0.6 is 0 Å². The Morgan fingerprint density at radius 3 is 2.77 bits per heavy atom. The highest BCUT2D eigenvalue weighted by molar-refractivity contribution is 5.89. The summed E-state index contributed by atoms with van der Waals surface area (Å²) < 4.78 is 18.2. The van der Waals surface area contributed by atoms with Crippen molar-refractivity contribution >= 4 is 11.8 Å². The molecular formula is C7H11FN2O3. The van der Waals surface area contributed by atoms with Crippen LogP contribution < -0.4 is 11.1 Å². The lowest BCUT2D eigenvalue weighted by Crippen LogP contribution is -2.46. The van der Waals surface area contributed by atoms with Gasteiger partial charge in [-0.1, -0.05) is 0 Å². The third-order valence-corrected chi connectivity index (χ3v) is 1.80. The van der Waals surface area contributed by atoms with Gasteiger partial charge in [-0.3, -0.25) is 9.59 Å². The van der Waals surface area contributed by atoms with E-state index in [0.29, 0.717) is 0 Å². The van der Waals surface area contributed by atoms with Gasteiger partial charge in [0.1, 0.15) is 0 Å². The van der Waals surface area contributed by atoms with Gasteiger partial charge < -0.3 is 15.8 Å². The Morgan fingerprint density at radius 1 is 1.62 bits per heavy atom. The number of ether oxygens (including phenoxy) is 1. The predicted molar refractivity (Wildman–Crippen MR) is 41.5 cm³/mol. The number of primary amides is 1. The first-order chi connectivity index (χ1) is 6.04. The minimum Gasteiger partial charge on any atom is -0.377 e. The summed E-state index contributed by atoms with van der Waals surface area (Å²) in [5.41, 5.74) is 2.78. The minimum absolute atomic E-state index is 0.0254. The van der Waals surface area contributed by atoms with Gasteiger partial charge in [-0.05, 0) is 0 Å². The maximum Gasteiger partial charge on any atom is 0.260 e. The summed E-state index contributed by atoms with van der Waals surface area (Å²) in [5, 5.41) is 2.10. The van der Waals surface area contributed by atoms with Crippen molar-refractivity contribution in [3.05, 3.63) is 0 Å². The summed E-state index contributed by atoms with van der Waals surface area (Å²) in [7, 11) is 0. The van der Waals surface area contributed by atoms with Crippen LogP contribution in [0.5, 0.6) is 0 Å². The van der Waals surface area contributed by atoms with Gasteiger partial charge in [0.2, 0.25) is 11.6 Å². The smallest absolute Gasteiger partial charge is 0.260 e. The summed E-state index contributed by atoms with van der Waals surface area (Å²) in [6.07, 6.45) is 0.0254. The van der Waals surface area contributed by atoms with Crippen LogP contribution in [0.25, 0.3) is 0 Å². The Balaban J connectivity index is 2.42. The zero-order chi connectivity index (χ0) is 9.90. The number of carbonyl (C=O) groups is 2. The van der Waals surface area contributed by atoms with E-state index in [2.05, 4.69) is 5.32 Å². The van der Waals surface area contributed by atoms with Crippen LogP contribution in [0.3, 0.4) is 0 Å². The lowest BCUT2D eigenvalue weighted by atomic mass is 10.1. The van der Waals surface area contributed by atoms with E-state index < -0.39 is 17.5 Å². The number of rotatable bonds is 3. The highest BCUT2D eigenvalue weighted by Gasteiger charge is 2.42. The predicted octanol–water partition coefficient (Wildman–Crippen LogP) is -1.28. The molecule has 6 heteroatoms. The first-order valence-electron chi connectivity index (χ1n) is 3.88. The number of hydrogen-bond acceptors (Lipinski definition) is 3. The number of alkyl halides is 1. The lowest BCUT2D eigenvalue weighted by molar-refractivity contribution is -0.134. The fourth-order valence-corrected chi connectivity index (χ4v) is 1.04. The third kappa shape index (κ3) is 2.38. The Morgan fingerprint density at radius 2 is 2.31 bits per heavy atom. The second kappa shape index (κ2) is 3.69. The van der Waals surface area contributed by atoms with Gasteiger partial charge in [0.25, 0.3) is 5.91 Å². The Hall–Kier alpha value is -1.17. The summed E-state index contributed by atoms with van der Waals surface area (Å²) >= 11 is 0. The molecule has 1 unspecified atom stereocenters. The maximum absolute atomic E-state index is 13.5. The molecule has 1 aliphatic heterocycles. The largest absolute Gasteiger partial charge is 0.377 e. The Bertz CT molecular complexity index is 226. The molecule has 1 aliphatic rings. The number of nitrogens with two attached hydrogens (primary N) is 1. The van der Waals surface area contributed by atoms with Gasteiger partial charge in [0.05, 0.1) is 19.8 Å². The van der Waals surface area contributed by atoms with Crippen molar-refractivity contribution in [2.45, 2.75) is 12.1 Å². The molecule has 0 aromatic heterocycles. The van der Waals surface area contributed by atoms with Crippen molar-refractivity contribution < 1.29 is 18.7 Å². The molecule has 1 saturated heterocycles. The van der Waals surface area contributed by atoms with Gasteiger partial charge in [-0.2, -0.15) is 0 Å². The summed E-state index contributed by atoms with van der Waals surface area (Å²) in [5.74, 6) is -1.53. The molecule has 3 N–H and O–H groups in total. The topological polar surface area (TPSA) is 81.4 Å². The van der Waals surface area contributed by atoms with Crippen LogP contribution in [0.2, 0.25) is 0 Å². The van der Waals surface area contributed by atoms with Crippen molar-refractivity contribution in [3.63, 3.8) is 0 Å². The normalized spacial score (nSPS) is 27.2. The number of halogens is 1. The van der Waals surface area contributed by atoms with Crippen LogP contribution in [0.4, 0.5) is 4.39 Å². The molecule has 1 heterocycles. The molecule has 0 aromatic rings. The van der Waals surface area contributed by atoms with E-state index in [1.165, 1.54) is 0 Å². The molecule has 0 aromatic carbocycles. The van der Waals surface area contributed by atoms with Crippen molar-refractivity contribution in [2.75, 3.05) is 19.8 Å². The molecule has 1 atom stereocenters. The lowest BCUT2D eigenvalue weighted by Gasteiger charge is -2.15. The zero-order valence-electron chi connectivity index (χ0n) is 7.01. The Labute approximate surface area is 74.4 Å². The molecule has 13 heavy (non-hydrogen) atoms. The van der Waals surface area contributed by atoms with Crippen LogP contribution in [-0.2, 0) is 14.3 Å². The standard InChI is InChI=1S/C7H11FN2O3/c8-7(1-2-13-4-7)6(12)10-3-5(9)11/h1-4H2,(H2,9,11)(H,10,12). The highest BCUT2D eigenvalue weighted by atomic mass is 19.1. The quantitative estimate of drug-likeness (QED) is 0.581.